The summed E-state index contributed by atoms with van der Waals surface area (Å²) in [4.78, 5) is 0. The monoisotopic (exact) mass is 236 g/mol. The Kier molecular flexibility index (Phi) is 4.72. The van der Waals surface area contributed by atoms with Gasteiger partial charge in [0.2, 0.25) is 0 Å². The summed E-state index contributed by atoms with van der Waals surface area (Å²) in [5.74, 6) is 0. The van der Waals surface area contributed by atoms with Gasteiger partial charge in [-0.3, -0.25) is 0 Å². The van der Waals surface area contributed by atoms with Crippen molar-refractivity contribution in [2.45, 2.75) is 51.2 Å². The molecule has 0 radical (unpaired) electrons. The van der Waals surface area contributed by atoms with Gasteiger partial charge in [-0.05, 0) is 39.2 Å². The fourth-order valence-corrected chi connectivity index (χ4v) is 1.80. The Hall–Kier alpha value is -0.860. The second-order valence-corrected chi connectivity index (χ2v) is 5.62. The van der Waals surface area contributed by atoms with Crippen LogP contribution in [0.1, 0.15) is 39.2 Å². The number of aliphatic hydroxyl groups is 1. The predicted octanol–water partition coefficient (Wildman–Crippen LogP) is 3.19. The molecule has 0 bridgehead atoms. The Morgan fingerprint density at radius 1 is 1.06 bits per heavy atom. The van der Waals surface area contributed by atoms with Crippen molar-refractivity contribution >= 4 is 0 Å². The molecule has 0 heterocycles. The van der Waals surface area contributed by atoms with Crippen molar-refractivity contribution in [2.75, 3.05) is 7.11 Å². The van der Waals surface area contributed by atoms with E-state index in [1.165, 1.54) is 5.56 Å². The average Bonchev–Trinajstić information content (AvgIpc) is 2.28. The molecule has 1 atom stereocenters. The summed E-state index contributed by atoms with van der Waals surface area (Å²) in [5.41, 5.74) is 0.338. The van der Waals surface area contributed by atoms with Crippen LogP contribution in [0, 0.1) is 0 Å². The van der Waals surface area contributed by atoms with E-state index in [2.05, 4.69) is 12.1 Å². The Balaban J connectivity index is 2.52. The molecule has 0 saturated heterocycles. The van der Waals surface area contributed by atoms with Gasteiger partial charge in [0, 0.05) is 13.5 Å². The molecule has 0 fully saturated rings. The lowest BCUT2D eigenvalue weighted by atomic mass is 9.88. The zero-order chi connectivity index (χ0) is 12.9. The summed E-state index contributed by atoms with van der Waals surface area (Å²) in [6, 6.07) is 10.1. The van der Waals surface area contributed by atoms with E-state index in [0.29, 0.717) is 6.42 Å². The molecule has 17 heavy (non-hydrogen) atoms. The number of hydrogen-bond donors (Lipinski definition) is 1. The molecule has 0 aliphatic carbocycles. The van der Waals surface area contributed by atoms with Gasteiger partial charge >= 0.3 is 0 Å². The lowest BCUT2D eigenvalue weighted by Crippen LogP contribution is -2.32. The van der Waals surface area contributed by atoms with Crippen LogP contribution in [0.25, 0.3) is 0 Å². The lowest BCUT2D eigenvalue weighted by molar-refractivity contribution is -0.0189. The largest absolute Gasteiger partial charge is 0.390 e. The third kappa shape index (κ3) is 5.33. The first kappa shape index (κ1) is 14.2. The van der Waals surface area contributed by atoms with Crippen LogP contribution >= 0.6 is 0 Å². The van der Waals surface area contributed by atoms with Crippen molar-refractivity contribution in [3.63, 3.8) is 0 Å². The second kappa shape index (κ2) is 5.65. The highest BCUT2D eigenvalue weighted by atomic mass is 16.5. The van der Waals surface area contributed by atoms with Gasteiger partial charge in [0.15, 0.2) is 0 Å². The number of benzene rings is 1. The highest BCUT2D eigenvalue weighted by molar-refractivity contribution is 5.16. The van der Waals surface area contributed by atoms with Gasteiger partial charge in [-0.1, -0.05) is 30.3 Å². The molecule has 1 aromatic carbocycles. The highest BCUT2D eigenvalue weighted by Crippen LogP contribution is 2.24. The van der Waals surface area contributed by atoms with Crippen molar-refractivity contribution in [1.29, 1.82) is 0 Å². The van der Waals surface area contributed by atoms with Gasteiger partial charge in [-0.2, -0.15) is 0 Å². The average molecular weight is 236 g/mol. The molecule has 0 aromatic heterocycles. The highest BCUT2D eigenvalue weighted by Gasteiger charge is 2.25. The number of ether oxygens (including phenoxy) is 1. The van der Waals surface area contributed by atoms with Gasteiger partial charge < -0.3 is 9.84 Å². The van der Waals surface area contributed by atoms with Gasteiger partial charge in [-0.15, -0.1) is 0 Å². The number of hydrogen-bond acceptors (Lipinski definition) is 2. The summed E-state index contributed by atoms with van der Waals surface area (Å²) in [6.07, 6.45) is 2.28. The lowest BCUT2D eigenvalue weighted by Gasteiger charge is -2.29. The van der Waals surface area contributed by atoms with Crippen LogP contribution in [0.5, 0.6) is 0 Å². The van der Waals surface area contributed by atoms with Gasteiger partial charge in [0.05, 0.1) is 11.2 Å². The van der Waals surface area contributed by atoms with Crippen LogP contribution in [0.3, 0.4) is 0 Å². The standard InChI is InChI=1S/C15H24O2/c1-14(2,17-4)10-11-15(3,16)12-13-8-6-5-7-9-13/h5-9,16H,10-12H2,1-4H3. The van der Waals surface area contributed by atoms with Crippen molar-refractivity contribution in [2.24, 2.45) is 0 Å². The SMILES string of the molecule is COC(C)(C)CCC(C)(O)Cc1ccccc1. The Bertz CT molecular complexity index is 328. The zero-order valence-electron chi connectivity index (χ0n) is 11.4. The Morgan fingerprint density at radius 3 is 2.18 bits per heavy atom. The van der Waals surface area contributed by atoms with Gasteiger partial charge in [0.25, 0.3) is 0 Å². The Morgan fingerprint density at radius 2 is 1.65 bits per heavy atom. The molecule has 1 aromatic rings. The third-order valence-corrected chi connectivity index (χ3v) is 3.25. The molecule has 0 aliphatic rings. The number of methoxy groups -OCH3 is 1. The molecule has 1 rings (SSSR count). The van der Waals surface area contributed by atoms with E-state index in [1.807, 2.05) is 39.0 Å². The van der Waals surface area contributed by atoms with Crippen molar-refractivity contribution in [1.82, 2.24) is 0 Å². The van der Waals surface area contributed by atoms with Crippen LogP contribution in [0.2, 0.25) is 0 Å². The molecule has 0 saturated carbocycles. The summed E-state index contributed by atoms with van der Waals surface area (Å²) in [5, 5.41) is 10.4. The first-order valence-electron chi connectivity index (χ1n) is 6.16. The predicted molar refractivity (Wildman–Crippen MR) is 71.1 cm³/mol. The summed E-state index contributed by atoms with van der Waals surface area (Å²) in [7, 11) is 1.71. The molecule has 0 spiro atoms. The summed E-state index contributed by atoms with van der Waals surface area (Å²) < 4.78 is 5.37. The zero-order valence-corrected chi connectivity index (χ0v) is 11.4. The normalized spacial score (nSPS) is 15.6. The van der Waals surface area contributed by atoms with Crippen LogP contribution in [-0.4, -0.2) is 23.4 Å². The fourth-order valence-electron chi connectivity index (χ4n) is 1.80. The van der Waals surface area contributed by atoms with Crippen molar-refractivity contribution in [3.8, 4) is 0 Å². The van der Waals surface area contributed by atoms with Gasteiger partial charge in [0.1, 0.15) is 0 Å². The maximum Gasteiger partial charge on any atom is 0.0661 e. The van der Waals surface area contributed by atoms with E-state index >= 15 is 0 Å². The van der Waals surface area contributed by atoms with E-state index in [9.17, 15) is 5.11 Å². The van der Waals surface area contributed by atoms with Crippen molar-refractivity contribution in [3.05, 3.63) is 35.9 Å². The van der Waals surface area contributed by atoms with E-state index in [1.54, 1.807) is 7.11 Å². The maximum atomic E-state index is 10.4. The maximum absolute atomic E-state index is 10.4. The molecule has 0 amide bonds. The van der Waals surface area contributed by atoms with Crippen molar-refractivity contribution < 1.29 is 9.84 Å². The minimum absolute atomic E-state index is 0.166. The first-order chi connectivity index (χ1) is 7.85. The molecular weight excluding hydrogens is 212 g/mol. The van der Waals surface area contributed by atoms with Crippen LogP contribution < -0.4 is 0 Å². The van der Waals surface area contributed by atoms with Crippen LogP contribution in [0.4, 0.5) is 0 Å². The van der Waals surface area contributed by atoms with Gasteiger partial charge in [-0.25, -0.2) is 0 Å². The molecular formula is C15H24O2. The quantitative estimate of drug-likeness (QED) is 0.822. The molecule has 2 heteroatoms. The third-order valence-electron chi connectivity index (χ3n) is 3.25. The topological polar surface area (TPSA) is 29.5 Å². The molecule has 2 nitrogen and oxygen atoms in total. The first-order valence-corrected chi connectivity index (χ1v) is 6.16. The minimum Gasteiger partial charge on any atom is -0.390 e. The molecule has 96 valence electrons. The summed E-state index contributed by atoms with van der Waals surface area (Å²) >= 11 is 0. The van der Waals surface area contributed by atoms with E-state index in [0.717, 1.165) is 12.8 Å². The minimum atomic E-state index is -0.669. The second-order valence-electron chi connectivity index (χ2n) is 5.62. The van der Waals surface area contributed by atoms with Crippen LogP contribution in [0.15, 0.2) is 30.3 Å². The number of rotatable bonds is 6. The van der Waals surface area contributed by atoms with E-state index in [4.69, 9.17) is 4.74 Å². The molecule has 1 unspecified atom stereocenters. The van der Waals surface area contributed by atoms with E-state index < -0.39 is 5.60 Å². The van der Waals surface area contributed by atoms with Crippen LogP contribution in [-0.2, 0) is 11.2 Å². The summed E-state index contributed by atoms with van der Waals surface area (Å²) in [6.45, 7) is 5.99. The smallest absolute Gasteiger partial charge is 0.0661 e. The Labute approximate surface area is 105 Å². The molecule has 1 N–H and O–H groups in total. The fraction of sp³-hybridized carbons (Fsp3) is 0.600. The molecule has 0 aliphatic heterocycles. The van der Waals surface area contributed by atoms with E-state index in [-0.39, 0.29) is 5.60 Å².